The minimum Gasteiger partial charge on any atom is -0.491 e. The van der Waals surface area contributed by atoms with Crippen molar-refractivity contribution in [3.8, 4) is 11.5 Å². The Balaban J connectivity index is 1.79. The number of aryl methyl sites for hydroxylation is 1. The number of benzene rings is 2. The molecular formula is C20H24FNO3. The number of hydrogen-bond donors (Lipinski definition) is 1. The summed E-state index contributed by atoms with van der Waals surface area (Å²) >= 11 is 0. The average Bonchev–Trinajstić information content (AvgIpc) is 2.61. The van der Waals surface area contributed by atoms with Gasteiger partial charge in [-0.1, -0.05) is 19.1 Å². The number of halogens is 1. The molecule has 0 fully saturated rings. The summed E-state index contributed by atoms with van der Waals surface area (Å²) in [6.45, 7) is 6.66. The Hall–Kier alpha value is -2.56. The van der Waals surface area contributed by atoms with Crippen molar-refractivity contribution in [2.45, 2.75) is 33.3 Å². The molecule has 1 atom stereocenters. The highest BCUT2D eigenvalue weighted by molar-refractivity contribution is 5.81. The van der Waals surface area contributed by atoms with Crippen LogP contribution < -0.4 is 14.8 Å². The fraction of sp³-hybridized carbons (Fsp3) is 0.350. The number of ether oxygens (including phenoxy) is 2. The van der Waals surface area contributed by atoms with E-state index in [0.29, 0.717) is 25.3 Å². The zero-order valence-corrected chi connectivity index (χ0v) is 14.8. The Labute approximate surface area is 148 Å². The SMILES string of the molecule is CC[C@@H](Oc1ccc(F)cc1)C(=O)NCCOc1cccc(C)c1C. The minimum atomic E-state index is -0.619. The van der Waals surface area contributed by atoms with Crippen molar-refractivity contribution >= 4 is 5.91 Å². The monoisotopic (exact) mass is 345 g/mol. The van der Waals surface area contributed by atoms with Crippen LogP contribution in [0.3, 0.4) is 0 Å². The second kappa shape index (κ2) is 9.06. The number of carbonyl (C=O) groups is 1. The topological polar surface area (TPSA) is 47.6 Å². The Bertz CT molecular complexity index is 701. The molecule has 2 aromatic carbocycles. The number of hydrogen-bond acceptors (Lipinski definition) is 3. The lowest BCUT2D eigenvalue weighted by Crippen LogP contribution is -2.39. The first kappa shape index (κ1) is 18.8. The third-order valence-electron chi connectivity index (χ3n) is 3.97. The molecule has 0 unspecified atom stereocenters. The molecule has 0 radical (unpaired) electrons. The van der Waals surface area contributed by atoms with E-state index in [0.717, 1.165) is 11.3 Å². The molecule has 0 saturated carbocycles. The summed E-state index contributed by atoms with van der Waals surface area (Å²) in [7, 11) is 0. The van der Waals surface area contributed by atoms with Crippen LogP contribution in [0.4, 0.5) is 4.39 Å². The van der Waals surface area contributed by atoms with Crippen molar-refractivity contribution in [3.05, 3.63) is 59.4 Å². The summed E-state index contributed by atoms with van der Waals surface area (Å²) in [5.41, 5.74) is 2.26. The van der Waals surface area contributed by atoms with Gasteiger partial charge in [0.15, 0.2) is 6.10 Å². The third-order valence-corrected chi connectivity index (χ3v) is 3.97. The maximum absolute atomic E-state index is 12.9. The normalized spacial score (nSPS) is 11.7. The lowest BCUT2D eigenvalue weighted by molar-refractivity contribution is -0.128. The van der Waals surface area contributed by atoms with Gasteiger partial charge in [0.25, 0.3) is 5.91 Å². The van der Waals surface area contributed by atoms with Gasteiger partial charge < -0.3 is 14.8 Å². The molecule has 0 aliphatic rings. The molecule has 134 valence electrons. The van der Waals surface area contributed by atoms with Crippen molar-refractivity contribution in [2.24, 2.45) is 0 Å². The quantitative estimate of drug-likeness (QED) is 0.741. The van der Waals surface area contributed by atoms with Crippen LogP contribution in [0.15, 0.2) is 42.5 Å². The second-order valence-electron chi connectivity index (χ2n) is 5.81. The van der Waals surface area contributed by atoms with Crippen LogP contribution in [0.1, 0.15) is 24.5 Å². The molecule has 2 rings (SSSR count). The molecule has 1 amide bonds. The minimum absolute atomic E-state index is 0.212. The predicted molar refractivity (Wildman–Crippen MR) is 95.5 cm³/mol. The molecule has 0 spiro atoms. The van der Waals surface area contributed by atoms with E-state index in [-0.39, 0.29) is 11.7 Å². The van der Waals surface area contributed by atoms with Crippen LogP contribution in [0.2, 0.25) is 0 Å². The summed E-state index contributed by atoms with van der Waals surface area (Å²) < 4.78 is 24.2. The van der Waals surface area contributed by atoms with E-state index in [2.05, 4.69) is 5.32 Å². The van der Waals surface area contributed by atoms with Crippen LogP contribution in [-0.4, -0.2) is 25.2 Å². The third kappa shape index (κ3) is 5.48. The summed E-state index contributed by atoms with van der Waals surface area (Å²) in [4.78, 5) is 12.2. The smallest absolute Gasteiger partial charge is 0.261 e. The molecule has 0 heterocycles. The van der Waals surface area contributed by atoms with Crippen molar-refractivity contribution in [1.82, 2.24) is 5.32 Å². The number of amides is 1. The van der Waals surface area contributed by atoms with Gasteiger partial charge in [-0.05, 0) is 61.7 Å². The molecule has 0 aromatic heterocycles. The van der Waals surface area contributed by atoms with Gasteiger partial charge >= 0.3 is 0 Å². The highest BCUT2D eigenvalue weighted by Crippen LogP contribution is 2.20. The van der Waals surface area contributed by atoms with Crippen LogP contribution in [0, 0.1) is 19.7 Å². The lowest BCUT2D eigenvalue weighted by atomic mass is 10.1. The highest BCUT2D eigenvalue weighted by Gasteiger charge is 2.18. The molecule has 1 N–H and O–H groups in total. The van der Waals surface area contributed by atoms with Gasteiger partial charge in [0.1, 0.15) is 23.9 Å². The van der Waals surface area contributed by atoms with E-state index in [1.807, 2.05) is 39.0 Å². The van der Waals surface area contributed by atoms with Gasteiger partial charge in [-0.3, -0.25) is 4.79 Å². The van der Waals surface area contributed by atoms with Gasteiger partial charge in [-0.25, -0.2) is 4.39 Å². The van der Waals surface area contributed by atoms with Crippen molar-refractivity contribution in [2.75, 3.05) is 13.2 Å². The zero-order chi connectivity index (χ0) is 18.2. The van der Waals surface area contributed by atoms with Crippen molar-refractivity contribution in [1.29, 1.82) is 0 Å². The van der Waals surface area contributed by atoms with Crippen molar-refractivity contribution < 1.29 is 18.7 Å². The maximum atomic E-state index is 12.9. The van der Waals surface area contributed by atoms with E-state index < -0.39 is 6.10 Å². The Morgan fingerprint density at radius 2 is 1.88 bits per heavy atom. The van der Waals surface area contributed by atoms with Gasteiger partial charge in [-0.15, -0.1) is 0 Å². The highest BCUT2D eigenvalue weighted by atomic mass is 19.1. The van der Waals surface area contributed by atoms with E-state index in [1.54, 1.807) is 0 Å². The van der Waals surface area contributed by atoms with Gasteiger partial charge in [-0.2, -0.15) is 0 Å². The maximum Gasteiger partial charge on any atom is 0.261 e. The second-order valence-corrected chi connectivity index (χ2v) is 5.81. The Morgan fingerprint density at radius 1 is 1.16 bits per heavy atom. The first-order valence-corrected chi connectivity index (χ1v) is 8.40. The van der Waals surface area contributed by atoms with Crippen LogP contribution >= 0.6 is 0 Å². The summed E-state index contributed by atoms with van der Waals surface area (Å²) in [5.74, 6) is 0.740. The zero-order valence-electron chi connectivity index (χ0n) is 14.8. The van der Waals surface area contributed by atoms with Gasteiger partial charge in [0, 0.05) is 0 Å². The molecule has 0 bridgehead atoms. The molecule has 4 nitrogen and oxygen atoms in total. The summed E-state index contributed by atoms with van der Waals surface area (Å²) in [6, 6.07) is 11.5. The summed E-state index contributed by atoms with van der Waals surface area (Å²) in [5, 5.41) is 2.81. The molecule has 0 aliphatic carbocycles. The van der Waals surface area contributed by atoms with Crippen molar-refractivity contribution in [3.63, 3.8) is 0 Å². The van der Waals surface area contributed by atoms with Gasteiger partial charge in [0.2, 0.25) is 0 Å². The molecular weight excluding hydrogens is 321 g/mol. The number of nitrogens with one attached hydrogen (secondary N) is 1. The molecule has 25 heavy (non-hydrogen) atoms. The fourth-order valence-corrected chi connectivity index (χ4v) is 2.33. The van der Waals surface area contributed by atoms with E-state index in [1.165, 1.54) is 29.8 Å². The first-order chi connectivity index (χ1) is 12.0. The standard InChI is InChI=1S/C20H24FNO3/c1-4-18(25-17-10-8-16(21)9-11-17)20(23)22-12-13-24-19-7-5-6-14(2)15(19)3/h5-11,18H,4,12-13H2,1-3H3,(H,22,23)/t18-/m1/s1. The number of rotatable bonds is 8. The van der Waals surface area contributed by atoms with Crippen LogP contribution in [-0.2, 0) is 4.79 Å². The largest absolute Gasteiger partial charge is 0.491 e. The molecule has 0 saturated heterocycles. The van der Waals surface area contributed by atoms with Crippen LogP contribution in [0.5, 0.6) is 11.5 Å². The number of carbonyl (C=O) groups excluding carboxylic acids is 1. The van der Waals surface area contributed by atoms with Crippen LogP contribution in [0.25, 0.3) is 0 Å². The molecule has 0 aliphatic heterocycles. The molecule has 5 heteroatoms. The van der Waals surface area contributed by atoms with E-state index >= 15 is 0 Å². The van der Waals surface area contributed by atoms with Gasteiger partial charge in [0.05, 0.1) is 6.54 Å². The Morgan fingerprint density at radius 3 is 2.56 bits per heavy atom. The lowest BCUT2D eigenvalue weighted by Gasteiger charge is -2.17. The predicted octanol–water partition coefficient (Wildman–Crippen LogP) is 3.80. The van der Waals surface area contributed by atoms with E-state index in [4.69, 9.17) is 9.47 Å². The molecule has 2 aromatic rings. The first-order valence-electron chi connectivity index (χ1n) is 8.40. The summed E-state index contributed by atoms with van der Waals surface area (Å²) in [6.07, 6.45) is -0.104. The van der Waals surface area contributed by atoms with E-state index in [9.17, 15) is 9.18 Å². The fourth-order valence-electron chi connectivity index (χ4n) is 2.33. The Kier molecular flexibility index (Phi) is 6.81. The average molecular weight is 345 g/mol.